The van der Waals surface area contributed by atoms with E-state index in [1.54, 1.807) is 0 Å². The molecule has 0 saturated heterocycles. The van der Waals surface area contributed by atoms with Gasteiger partial charge in [-0.25, -0.2) is 11.6 Å². The summed E-state index contributed by atoms with van der Waals surface area (Å²) < 4.78 is 0. The Hall–Kier alpha value is -0.496. The summed E-state index contributed by atoms with van der Waals surface area (Å²) in [6.45, 7) is 8.72. The number of hydrogen-bond acceptors (Lipinski definition) is 0. The third kappa shape index (κ3) is 6.29. The zero-order valence-corrected chi connectivity index (χ0v) is 19.4. The number of hydrogen-bond donors (Lipinski definition) is 0. The van der Waals surface area contributed by atoms with Crippen molar-refractivity contribution in [2.75, 3.05) is 0 Å². The van der Waals surface area contributed by atoms with E-state index in [4.69, 9.17) is 0 Å². The predicted molar refractivity (Wildman–Crippen MR) is 93.9 cm³/mol. The Balaban J connectivity index is 0. The second-order valence-corrected chi connectivity index (χ2v) is 6.49. The van der Waals surface area contributed by atoms with E-state index in [2.05, 4.69) is 82.3 Å². The molecule has 0 radical (unpaired) electrons. The summed E-state index contributed by atoms with van der Waals surface area (Å²) in [6, 6.07) is 17.8. The maximum atomic E-state index is 3.51. The van der Waals surface area contributed by atoms with E-state index in [0.717, 1.165) is 6.42 Å². The van der Waals surface area contributed by atoms with Crippen molar-refractivity contribution in [3.05, 3.63) is 93.6 Å². The quantitative estimate of drug-likeness (QED) is 0.350. The van der Waals surface area contributed by atoms with Crippen LogP contribution in [-0.2, 0) is 21.7 Å². The Morgan fingerprint density at radius 3 is 1.58 bits per heavy atom. The summed E-state index contributed by atoms with van der Waals surface area (Å²) in [4.78, 5) is 0. The largest absolute Gasteiger partial charge is 4.00 e. The smallest absolute Gasteiger partial charge is 1.00 e. The summed E-state index contributed by atoms with van der Waals surface area (Å²) in [6.07, 6.45) is 4.55. The van der Waals surface area contributed by atoms with Gasteiger partial charge in [0, 0.05) is 0 Å². The van der Waals surface area contributed by atoms with Crippen molar-refractivity contribution in [1.29, 1.82) is 0 Å². The van der Waals surface area contributed by atoms with E-state index in [1.807, 2.05) is 0 Å². The number of benzene rings is 2. The molecule has 136 valence electrons. The van der Waals surface area contributed by atoms with Crippen LogP contribution in [0.4, 0.5) is 0 Å². The predicted octanol–water partition coefficient (Wildman–Crippen LogP) is -3.09. The third-order valence-corrected chi connectivity index (χ3v) is 4.44. The average Bonchev–Trinajstić information content (AvgIpc) is 2.78. The molecule has 26 heavy (non-hydrogen) atoms. The molecule has 0 unspecified atom stereocenters. The van der Waals surface area contributed by atoms with Gasteiger partial charge in [0.25, 0.3) is 0 Å². The van der Waals surface area contributed by atoms with Gasteiger partial charge in [0.2, 0.25) is 0 Å². The first-order valence-electron chi connectivity index (χ1n) is 7.97. The molecular formula is C22H23Cl3Ti. The van der Waals surface area contributed by atoms with Gasteiger partial charge in [-0.05, 0) is 19.8 Å². The first kappa shape index (κ1) is 27.7. The van der Waals surface area contributed by atoms with Crippen LogP contribution in [-0.4, -0.2) is 0 Å². The minimum absolute atomic E-state index is 0. The zero-order chi connectivity index (χ0) is 15.7. The average molecular weight is 442 g/mol. The topological polar surface area (TPSA) is 0 Å². The fourth-order valence-electron chi connectivity index (χ4n) is 3.48. The molecule has 0 amide bonds. The van der Waals surface area contributed by atoms with Gasteiger partial charge in [-0.2, -0.15) is 11.1 Å². The van der Waals surface area contributed by atoms with Crippen molar-refractivity contribution in [3.8, 4) is 0 Å². The Bertz CT molecular complexity index is 733. The minimum Gasteiger partial charge on any atom is -1.00 e. The fraction of sp³-hybridized carbons (Fsp3) is 0.273. The molecule has 0 N–H and O–H groups in total. The van der Waals surface area contributed by atoms with Crippen LogP contribution in [0.15, 0.2) is 65.3 Å². The molecule has 1 aliphatic rings. The van der Waals surface area contributed by atoms with Crippen molar-refractivity contribution in [3.63, 3.8) is 0 Å². The summed E-state index contributed by atoms with van der Waals surface area (Å²) in [7, 11) is 0. The van der Waals surface area contributed by atoms with Crippen LogP contribution in [0.1, 0.15) is 48.4 Å². The molecule has 0 aromatic heterocycles. The molecule has 0 atom stereocenters. The van der Waals surface area contributed by atoms with Gasteiger partial charge in [-0.3, -0.25) is 0 Å². The minimum atomic E-state index is 0. The first-order valence-corrected chi connectivity index (χ1v) is 7.97. The van der Waals surface area contributed by atoms with E-state index in [0.29, 0.717) is 5.92 Å². The molecular weight excluding hydrogens is 418 g/mol. The van der Waals surface area contributed by atoms with E-state index < -0.39 is 0 Å². The van der Waals surface area contributed by atoms with E-state index in [-0.39, 0.29) is 58.9 Å². The van der Waals surface area contributed by atoms with Crippen LogP contribution in [0.5, 0.6) is 0 Å². The Labute approximate surface area is 191 Å². The summed E-state index contributed by atoms with van der Waals surface area (Å²) in [5.74, 6) is 0.338. The van der Waals surface area contributed by atoms with Crippen LogP contribution >= 0.6 is 0 Å². The molecule has 0 bridgehead atoms. The van der Waals surface area contributed by atoms with Gasteiger partial charge in [0.1, 0.15) is 0 Å². The Kier molecular flexibility index (Phi) is 12.9. The standard InChI is InChI=1S/C22H23.3ClH.Ti/c1-15-7-5-9-19(12-15)22(20-10-6-8-16(2)13-20)21-14-17(3)11-18(21)4;;;;/h5-10,12-13,22H,14H2,1-4H3;3*1H;/q-1;;;;+4/p-3. The summed E-state index contributed by atoms with van der Waals surface area (Å²) in [5, 5.41) is 0. The van der Waals surface area contributed by atoms with Crippen molar-refractivity contribution >= 4 is 0 Å². The second kappa shape index (κ2) is 12.1. The van der Waals surface area contributed by atoms with Crippen molar-refractivity contribution in [2.45, 2.75) is 40.0 Å². The molecule has 0 aliphatic heterocycles. The maximum absolute atomic E-state index is 3.51. The monoisotopic (exact) mass is 440 g/mol. The maximum Gasteiger partial charge on any atom is 4.00 e. The number of allylic oxidation sites excluding steroid dienone is 4. The van der Waals surface area contributed by atoms with Gasteiger partial charge in [0.15, 0.2) is 0 Å². The number of halogens is 3. The van der Waals surface area contributed by atoms with Crippen molar-refractivity contribution in [1.82, 2.24) is 0 Å². The first-order chi connectivity index (χ1) is 10.5. The van der Waals surface area contributed by atoms with Crippen LogP contribution in [0.3, 0.4) is 0 Å². The van der Waals surface area contributed by atoms with Crippen molar-refractivity contribution in [2.24, 2.45) is 0 Å². The Morgan fingerprint density at radius 2 is 1.23 bits per heavy atom. The van der Waals surface area contributed by atoms with Gasteiger partial charge in [-0.15, -0.1) is 0 Å². The fourth-order valence-corrected chi connectivity index (χ4v) is 3.48. The van der Waals surface area contributed by atoms with Crippen LogP contribution in [0.2, 0.25) is 0 Å². The molecule has 0 saturated carbocycles. The van der Waals surface area contributed by atoms with E-state index in [1.165, 1.54) is 39.0 Å². The van der Waals surface area contributed by atoms with Gasteiger partial charge < -0.3 is 37.2 Å². The molecule has 2 aromatic carbocycles. The SMILES string of the molecule is CC1=[C-]C(C)=C(C(c2cccc(C)c2)c2cccc(C)c2)C1.[Cl-].[Cl-].[Cl-].[Ti+4]. The molecule has 0 heterocycles. The molecule has 2 aromatic rings. The van der Waals surface area contributed by atoms with Crippen LogP contribution in [0.25, 0.3) is 0 Å². The van der Waals surface area contributed by atoms with E-state index in [9.17, 15) is 0 Å². The van der Waals surface area contributed by atoms with Crippen molar-refractivity contribution < 1.29 is 58.9 Å². The molecule has 1 aliphatic carbocycles. The van der Waals surface area contributed by atoms with Gasteiger partial charge >= 0.3 is 21.7 Å². The van der Waals surface area contributed by atoms with Gasteiger partial charge in [-0.1, -0.05) is 91.1 Å². The Morgan fingerprint density at radius 1 is 0.769 bits per heavy atom. The summed E-state index contributed by atoms with van der Waals surface area (Å²) >= 11 is 0. The van der Waals surface area contributed by atoms with Gasteiger partial charge in [0.05, 0.1) is 0 Å². The second-order valence-electron chi connectivity index (χ2n) is 6.49. The van der Waals surface area contributed by atoms with Crippen LogP contribution in [0, 0.1) is 19.9 Å². The number of aryl methyl sites for hydroxylation is 2. The molecule has 4 heteroatoms. The molecule has 3 rings (SSSR count). The van der Waals surface area contributed by atoms with E-state index >= 15 is 0 Å². The van der Waals surface area contributed by atoms with Crippen LogP contribution < -0.4 is 37.2 Å². The summed E-state index contributed by atoms with van der Waals surface area (Å²) in [5.41, 5.74) is 9.56. The molecule has 0 nitrogen and oxygen atoms in total. The number of rotatable bonds is 3. The molecule has 0 spiro atoms. The third-order valence-electron chi connectivity index (χ3n) is 4.44. The zero-order valence-electron chi connectivity index (χ0n) is 15.5. The molecule has 0 fully saturated rings. The normalized spacial score (nSPS) is 12.4.